The van der Waals surface area contributed by atoms with E-state index in [1.807, 2.05) is 20.9 Å². The highest BCUT2D eigenvalue weighted by molar-refractivity contribution is 4.95. The molecule has 0 aliphatic heterocycles. The summed E-state index contributed by atoms with van der Waals surface area (Å²) in [6, 6.07) is 0. The fourth-order valence-corrected chi connectivity index (χ4v) is 0.924. The van der Waals surface area contributed by atoms with Gasteiger partial charge in [0.05, 0.1) is 0 Å². The van der Waals surface area contributed by atoms with E-state index in [1.54, 1.807) is 7.11 Å². The zero-order chi connectivity index (χ0) is 10.6. The van der Waals surface area contributed by atoms with Gasteiger partial charge in [-0.3, -0.25) is 0 Å². The number of hydrogen-bond donors (Lipinski definition) is 1. The van der Waals surface area contributed by atoms with Gasteiger partial charge in [0.15, 0.2) is 5.82 Å². The lowest BCUT2D eigenvalue weighted by atomic mass is 10.1. The van der Waals surface area contributed by atoms with Gasteiger partial charge >= 0.3 is 0 Å². The maximum Gasteiger partial charge on any atom is 0.258 e. The van der Waals surface area contributed by atoms with E-state index in [1.165, 1.54) is 0 Å². The van der Waals surface area contributed by atoms with Crippen molar-refractivity contribution in [2.45, 2.75) is 25.9 Å². The van der Waals surface area contributed by atoms with E-state index >= 15 is 0 Å². The molecule has 0 fully saturated rings. The largest absolute Gasteiger partial charge is 0.369 e. The average Bonchev–Trinajstić information content (AvgIpc) is 2.63. The Balaban J connectivity index is 2.67. The van der Waals surface area contributed by atoms with Crippen molar-refractivity contribution in [2.24, 2.45) is 0 Å². The summed E-state index contributed by atoms with van der Waals surface area (Å²) in [6.07, 6.45) is 0.764. The van der Waals surface area contributed by atoms with Gasteiger partial charge in [0.25, 0.3) is 5.89 Å². The van der Waals surface area contributed by atoms with E-state index in [0.29, 0.717) is 11.7 Å². The Hall–Kier alpha value is -0.940. The van der Waals surface area contributed by atoms with Crippen LogP contribution in [0, 0.1) is 0 Å². The van der Waals surface area contributed by atoms with E-state index in [-0.39, 0.29) is 0 Å². The summed E-state index contributed by atoms with van der Waals surface area (Å²) in [5.74, 6) is 1.23. The Morgan fingerprint density at radius 2 is 2.21 bits per heavy atom. The topological polar surface area (TPSA) is 60.2 Å². The molecule has 5 heteroatoms. The van der Waals surface area contributed by atoms with Crippen molar-refractivity contribution in [2.75, 3.05) is 20.7 Å². The molecule has 1 rings (SSSR count). The number of ether oxygens (including phenoxy) is 1. The van der Waals surface area contributed by atoms with Crippen LogP contribution in [-0.4, -0.2) is 30.8 Å². The predicted molar refractivity (Wildman–Crippen MR) is 52.0 cm³/mol. The summed E-state index contributed by atoms with van der Waals surface area (Å²) in [4.78, 5) is 4.25. The molecule has 0 aliphatic carbocycles. The van der Waals surface area contributed by atoms with Crippen LogP contribution in [0.15, 0.2) is 4.52 Å². The van der Waals surface area contributed by atoms with Gasteiger partial charge in [0.1, 0.15) is 5.60 Å². The van der Waals surface area contributed by atoms with Gasteiger partial charge < -0.3 is 14.6 Å². The summed E-state index contributed by atoms with van der Waals surface area (Å²) in [5, 5.41) is 6.89. The molecule has 1 aromatic heterocycles. The van der Waals surface area contributed by atoms with Gasteiger partial charge in [-0.2, -0.15) is 4.98 Å². The van der Waals surface area contributed by atoms with Crippen molar-refractivity contribution in [3.05, 3.63) is 11.7 Å². The molecule has 1 heterocycles. The Morgan fingerprint density at radius 3 is 2.79 bits per heavy atom. The molecule has 0 amide bonds. The van der Waals surface area contributed by atoms with Crippen molar-refractivity contribution in [1.29, 1.82) is 0 Å². The van der Waals surface area contributed by atoms with Crippen LogP contribution in [0.25, 0.3) is 0 Å². The minimum atomic E-state index is -0.509. The maximum atomic E-state index is 5.23. The zero-order valence-electron chi connectivity index (χ0n) is 9.13. The zero-order valence-corrected chi connectivity index (χ0v) is 9.13. The minimum absolute atomic E-state index is 0.509. The second-order valence-corrected chi connectivity index (χ2v) is 3.58. The number of likely N-dealkylation sites (N-methyl/N-ethyl adjacent to an activating group) is 1. The molecule has 0 aromatic carbocycles. The molecule has 5 nitrogen and oxygen atoms in total. The Bertz CT molecular complexity index is 283. The van der Waals surface area contributed by atoms with Gasteiger partial charge in [0, 0.05) is 20.1 Å². The number of methoxy groups -OCH3 is 1. The highest BCUT2D eigenvalue weighted by atomic mass is 16.5. The first kappa shape index (κ1) is 11.1. The normalized spacial score (nSPS) is 12.0. The van der Waals surface area contributed by atoms with Crippen molar-refractivity contribution in [1.82, 2.24) is 15.5 Å². The first-order valence-corrected chi connectivity index (χ1v) is 4.63. The minimum Gasteiger partial charge on any atom is -0.369 e. The molecular weight excluding hydrogens is 182 g/mol. The summed E-state index contributed by atoms with van der Waals surface area (Å²) in [5.41, 5.74) is -0.509. The van der Waals surface area contributed by atoms with E-state index in [9.17, 15) is 0 Å². The fraction of sp³-hybridized carbons (Fsp3) is 0.778. The average molecular weight is 199 g/mol. The maximum absolute atomic E-state index is 5.23. The van der Waals surface area contributed by atoms with Crippen LogP contribution < -0.4 is 5.32 Å². The van der Waals surface area contributed by atoms with Gasteiger partial charge in [0.2, 0.25) is 0 Å². The van der Waals surface area contributed by atoms with E-state index in [2.05, 4.69) is 15.5 Å². The molecule has 0 atom stereocenters. The van der Waals surface area contributed by atoms with Crippen molar-refractivity contribution < 1.29 is 9.26 Å². The van der Waals surface area contributed by atoms with Crippen LogP contribution in [0.4, 0.5) is 0 Å². The monoisotopic (exact) mass is 199 g/mol. The van der Waals surface area contributed by atoms with Gasteiger partial charge in [-0.05, 0) is 20.9 Å². The van der Waals surface area contributed by atoms with Crippen LogP contribution >= 0.6 is 0 Å². The predicted octanol–water partition coefficient (Wildman–Crippen LogP) is 0.713. The molecule has 0 saturated carbocycles. The number of nitrogens with one attached hydrogen (secondary N) is 1. The standard InChI is InChI=1S/C9H17N3O2/c1-9(2,13-4)8-11-7(12-14-8)5-6-10-3/h10H,5-6H2,1-4H3. The van der Waals surface area contributed by atoms with Crippen molar-refractivity contribution in [3.63, 3.8) is 0 Å². The van der Waals surface area contributed by atoms with Crippen molar-refractivity contribution in [3.8, 4) is 0 Å². The third-order valence-electron chi connectivity index (χ3n) is 2.09. The molecule has 80 valence electrons. The number of aromatic nitrogens is 2. The summed E-state index contributed by atoms with van der Waals surface area (Å²) in [7, 11) is 3.51. The van der Waals surface area contributed by atoms with Crippen LogP contribution in [0.5, 0.6) is 0 Å². The quantitative estimate of drug-likeness (QED) is 0.757. The van der Waals surface area contributed by atoms with E-state index in [4.69, 9.17) is 9.26 Å². The molecule has 0 saturated heterocycles. The first-order valence-electron chi connectivity index (χ1n) is 4.63. The van der Waals surface area contributed by atoms with Crippen LogP contribution in [-0.2, 0) is 16.8 Å². The molecule has 0 bridgehead atoms. The van der Waals surface area contributed by atoms with Crippen molar-refractivity contribution >= 4 is 0 Å². The second kappa shape index (κ2) is 4.52. The third kappa shape index (κ3) is 2.52. The van der Waals surface area contributed by atoms with Gasteiger partial charge in [-0.15, -0.1) is 0 Å². The fourth-order valence-electron chi connectivity index (χ4n) is 0.924. The molecule has 0 spiro atoms. The van der Waals surface area contributed by atoms with E-state index < -0.39 is 5.60 Å². The lowest BCUT2D eigenvalue weighted by Gasteiger charge is -2.16. The highest BCUT2D eigenvalue weighted by Gasteiger charge is 2.26. The Labute approximate surface area is 83.8 Å². The molecule has 1 aromatic rings. The second-order valence-electron chi connectivity index (χ2n) is 3.58. The lowest BCUT2D eigenvalue weighted by molar-refractivity contribution is -0.00786. The van der Waals surface area contributed by atoms with E-state index in [0.717, 1.165) is 13.0 Å². The number of nitrogens with zero attached hydrogens (tertiary/aromatic N) is 2. The summed E-state index contributed by atoms with van der Waals surface area (Å²) < 4.78 is 10.3. The van der Waals surface area contributed by atoms with Crippen LogP contribution in [0.3, 0.4) is 0 Å². The number of hydrogen-bond acceptors (Lipinski definition) is 5. The summed E-state index contributed by atoms with van der Waals surface area (Å²) >= 11 is 0. The molecule has 1 N–H and O–H groups in total. The molecular formula is C9H17N3O2. The lowest BCUT2D eigenvalue weighted by Crippen LogP contribution is -2.20. The Kier molecular flexibility index (Phi) is 3.60. The van der Waals surface area contributed by atoms with Crippen LogP contribution in [0.1, 0.15) is 25.6 Å². The smallest absolute Gasteiger partial charge is 0.258 e. The van der Waals surface area contributed by atoms with Crippen LogP contribution in [0.2, 0.25) is 0 Å². The third-order valence-corrected chi connectivity index (χ3v) is 2.09. The van der Waals surface area contributed by atoms with Gasteiger partial charge in [-0.1, -0.05) is 5.16 Å². The number of rotatable bonds is 5. The Morgan fingerprint density at radius 1 is 1.50 bits per heavy atom. The molecule has 0 radical (unpaired) electrons. The highest BCUT2D eigenvalue weighted by Crippen LogP contribution is 2.21. The molecule has 14 heavy (non-hydrogen) atoms. The SMILES string of the molecule is CNCCc1noc(C(C)(C)OC)n1. The molecule has 0 unspecified atom stereocenters. The first-order chi connectivity index (χ1) is 6.60. The van der Waals surface area contributed by atoms with Gasteiger partial charge in [-0.25, -0.2) is 0 Å². The molecule has 0 aliphatic rings. The summed E-state index contributed by atoms with van der Waals surface area (Å²) in [6.45, 7) is 4.62.